The smallest absolute Gasteiger partial charge is 0.239 e. The Morgan fingerprint density at radius 2 is 2.33 bits per heavy atom. The topological polar surface area (TPSA) is 61.8 Å². The summed E-state index contributed by atoms with van der Waals surface area (Å²) in [6, 6.07) is -0.235. The Labute approximate surface area is 90.4 Å². The highest BCUT2D eigenvalue weighted by atomic mass is 16.5. The Morgan fingerprint density at radius 3 is 2.87 bits per heavy atom. The van der Waals surface area contributed by atoms with Crippen LogP contribution >= 0.6 is 0 Å². The molecule has 15 heavy (non-hydrogen) atoms. The molecule has 1 atom stereocenters. The van der Waals surface area contributed by atoms with Crippen LogP contribution in [0, 0.1) is 0 Å². The Bertz CT molecular complexity index is 225. The Hall–Kier alpha value is -0.650. The van der Waals surface area contributed by atoms with Gasteiger partial charge in [-0.05, 0) is 20.9 Å². The first-order chi connectivity index (χ1) is 6.90. The number of amides is 1. The maximum absolute atomic E-state index is 11.7. The van der Waals surface area contributed by atoms with Gasteiger partial charge in [0.05, 0.1) is 18.8 Å². The highest BCUT2D eigenvalue weighted by Gasteiger charge is 2.27. The Morgan fingerprint density at radius 1 is 1.67 bits per heavy atom. The van der Waals surface area contributed by atoms with Crippen LogP contribution in [0.5, 0.6) is 0 Å². The number of aliphatic hydroxyl groups is 1. The van der Waals surface area contributed by atoms with Gasteiger partial charge >= 0.3 is 0 Å². The van der Waals surface area contributed by atoms with Gasteiger partial charge in [0.2, 0.25) is 5.91 Å². The van der Waals surface area contributed by atoms with E-state index in [0.717, 1.165) is 6.54 Å². The first-order valence-corrected chi connectivity index (χ1v) is 5.18. The van der Waals surface area contributed by atoms with Crippen LogP contribution in [0.25, 0.3) is 0 Å². The molecule has 0 aromatic rings. The second-order valence-corrected chi connectivity index (χ2v) is 4.60. The number of carbonyl (C=O) groups is 1. The van der Waals surface area contributed by atoms with Gasteiger partial charge in [0.1, 0.15) is 6.04 Å². The number of ether oxygens (including phenoxy) is 1. The summed E-state index contributed by atoms with van der Waals surface area (Å²) in [6.07, 6.45) is 0. The standard InChI is InChI=1S/C10H20N2O3/c1-10(2,14)7-11-9(13)8-6-15-5-4-12(8)3/h8,14H,4-7H2,1-3H3,(H,11,13). The molecule has 5 nitrogen and oxygen atoms in total. The van der Waals surface area contributed by atoms with Crippen molar-refractivity contribution in [3.63, 3.8) is 0 Å². The average molecular weight is 216 g/mol. The number of nitrogens with zero attached hydrogens (tertiary/aromatic N) is 1. The Balaban J connectivity index is 2.39. The van der Waals surface area contributed by atoms with Crippen LogP contribution in [0.15, 0.2) is 0 Å². The van der Waals surface area contributed by atoms with Crippen molar-refractivity contribution in [3.8, 4) is 0 Å². The molecule has 0 aromatic carbocycles. The van der Waals surface area contributed by atoms with Crippen molar-refractivity contribution < 1.29 is 14.6 Å². The lowest BCUT2D eigenvalue weighted by Gasteiger charge is -2.31. The summed E-state index contributed by atoms with van der Waals surface area (Å²) in [7, 11) is 1.90. The van der Waals surface area contributed by atoms with Crippen LogP contribution in [0.1, 0.15) is 13.8 Å². The third-order valence-corrected chi connectivity index (χ3v) is 2.39. The molecule has 0 aliphatic carbocycles. The van der Waals surface area contributed by atoms with Gasteiger partial charge in [-0.3, -0.25) is 9.69 Å². The normalized spacial score (nSPS) is 23.9. The maximum atomic E-state index is 11.7. The molecule has 88 valence electrons. The average Bonchev–Trinajstić information content (AvgIpc) is 2.14. The number of hydrogen-bond donors (Lipinski definition) is 2. The molecule has 1 unspecified atom stereocenters. The molecule has 1 amide bonds. The predicted molar refractivity (Wildman–Crippen MR) is 56.5 cm³/mol. The summed E-state index contributed by atoms with van der Waals surface area (Å²) < 4.78 is 5.24. The van der Waals surface area contributed by atoms with E-state index in [1.807, 2.05) is 11.9 Å². The second kappa shape index (κ2) is 4.92. The van der Waals surface area contributed by atoms with Crippen molar-refractivity contribution in [3.05, 3.63) is 0 Å². The third kappa shape index (κ3) is 4.15. The molecule has 1 aliphatic heterocycles. The zero-order chi connectivity index (χ0) is 11.5. The third-order valence-electron chi connectivity index (χ3n) is 2.39. The second-order valence-electron chi connectivity index (χ2n) is 4.60. The molecule has 0 aromatic heterocycles. The van der Waals surface area contributed by atoms with Gasteiger partial charge < -0.3 is 15.2 Å². The van der Waals surface area contributed by atoms with Crippen molar-refractivity contribution in [1.82, 2.24) is 10.2 Å². The largest absolute Gasteiger partial charge is 0.389 e. The fraction of sp³-hybridized carbons (Fsp3) is 0.900. The molecule has 5 heteroatoms. The first kappa shape index (κ1) is 12.4. The van der Waals surface area contributed by atoms with Crippen LogP contribution in [-0.2, 0) is 9.53 Å². The van der Waals surface area contributed by atoms with Crippen molar-refractivity contribution >= 4 is 5.91 Å². The monoisotopic (exact) mass is 216 g/mol. The van der Waals surface area contributed by atoms with Crippen LogP contribution in [0.3, 0.4) is 0 Å². The lowest BCUT2D eigenvalue weighted by molar-refractivity contribution is -0.132. The summed E-state index contributed by atoms with van der Waals surface area (Å²) in [5, 5.41) is 12.2. The molecular weight excluding hydrogens is 196 g/mol. The van der Waals surface area contributed by atoms with Gasteiger partial charge in [0, 0.05) is 13.1 Å². The summed E-state index contributed by atoms with van der Waals surface area (Å²) >= 11 is 0. The van der Waals surface area contributed by atoms with Gasteiger partial charge in [-0.2, -0.15) is 0 Å². The number of nitrogens with one attached hydrogen (secondary N) is 1. The van der Waals surface area contributed by atoms with Crippen LogP contribution in [-0.4, -0.2) is 60.9 Å². The molecule has 2 N–H and O–H groups in total. The summed E-state index contributed by atoms with van der Waals surface area (Å²) in [5.74, 6) is -0.0840. The van der Waals surface area contributed by atoms with Crippen molar-refractivity contribution in [1.29, 1.82) is 0 Å². The lowest BCUT2D eigenvalue weighted by atomic mass is 10.1. The van der Waals surface area contributed by atoms with E-state index in [0.29, 0.717) is 13.2 Å². The van der Waals surface area contributed by atoms with Gasteiger partial charge in [-0.25, -0.2) is 0 Å². The molecule has 1 aliphatic rings. The molecule has 1 saturated heterocycles. The molecule has 0 saturated carbocycles. The summed E-state index contributed by atoms with van der Waals surface area (Å²) in [5.41, 5.74) is -0.871. The number of likely N-dealkylation sites (N-methyl/N-ethyl adjacent to an activating group) is 1. The van der Waals surface area contributed by atoms with Crippen LogP contribution < -0.4 is 5.32 Å². The number of hydrogen-bond acceptors (Lipinski definition) is 4. The highest BCUT2D eigenvalue weighted by molar-refractivity contribution is 5.82. The summed E-state index contributed by atoms with van der Waals surface area (Å²) in [6.45, 7) is 5.44. The molecule has 0 spiro atoms. The van der Waals surface area contributed by atoms with Gasteiger partial charge in [0.25, 0.3) is 0 Å². The van der Waals surface area contributed by atoms with Gasteiger partial charge in [-0.15, -0.1) is 0 Å². The van der Waals surface area contributed by atoms with Gasteiger partial charge in [-0.1, -0.05) is 0 Å². The fourth-order valence-electron chi connectivity index (χ4n) is 1.38. The van der Waals surface area contributed by atoms with E-state index in [9.17, 15) is 9.90 Å². The fourth-order valence-corrected chi connectivity index (χ4v) is 1.38. The Kier molecular flexibility index (Phi) is 4.07. The quantitative estimate of drug-likeness (QED) is 0.648. The lowest BCUT2D eigenvalue weighted by Crippen LogP contribution is -2.53. The molecule has 0 bridgehead atoms. The van der Waals surface area contributed by atoms with E-state index in [-0.39, 0.29) is 18.5 Å². The number of carbonyl (C=O) groups excluding carboxylic acids is 1. The van der Waals surface area contributed by atoms with Crippen molar-refractivity contribution in [2.75, 3.05) is 33.4 Å². The number of rotatable bonds is 3. The molecule has 1 heterocycles. The van der Waals surface area contributed by atoms with E-state index in [1.54, 1.807) is 13.8 Å². The first-order valence-electron chi connectivity index (χ1n) is 5.18. The van der Waals surface area contributed by atoms with Crippen molar-refractivity contribution in [2.45, 2.75) is 25.5 Å². The molecule has 1 fully saturated rings. The minimum Gasteiger partial charge on any atom is -0.389 e. The highest BCUT2D eigenvalue weighted by Crippen LogP contribution is 2.05. The SMILES string of the molecule is CN1CCOCC1C(=O)NCC(C)(C)O. The van der Waals surface area contributed by atoms with E-state index in [4.69, 9.17) is 4.74 Å². The van der Waals surface area contributed by atoms with E-state index >= 15 is 0 Å². The van der Waals surface area contributed by atoms with Crippen molar-refractivity contribution in [2.24, 2.45) is 0 Å². The number of morpholine rings is 1. The zero-order valence-corrected chi connectivity index (χ0v) is 9.62. The molecule has 0 radical (unpaired) electrons. The summed E-state index contributed by atoms with van der Waals surface area (Å²) in [4.78, 5) is 13.7. The van der Waals surface area contributed by atoms with E-state index < -0.39 is 5.60 Å². The minimum absolute atomic E-state index is 0.0840. The predicted octanol–water partition coefficient (Wildman–Crippen LogP) is -0.796. The van der Waals surface area contributed by atoms with Crippen LogP contribution in [0.2, 0.25) is 0 Å². The van der Waals surface area contributed by atoms with Crippen LogP contribution in [0.4, 0.5) is 0 Å². The zero-order valence-electron chi connectivity index (χ0n) is 9.62. The van der Waals surface area contributed by atoms with E-state index in [1.165, 1.54) is 0 Å². The minimum atomic E-state index is -0.871. The molecule has 1 rings (SSSR count). The van der Waals surface area contributed by atoms with Gasteiger partial charge in [0.15, 0.2) is 0 Å². The van der Waals surface area contributed by atoms with E-state index in [2.05, 4.69) is 5.32 Å². The maximum Gasteiger partial charge on any atom is 0.239 e. The molecular formula is C10H20N2O3.